The number of morpholine rings is 1. The maximum atomic E-state index is 12.8. The summed E-state index contributed by atoms with van der Waals surface area (Å²) in [6.07, 6.45) is 0. The number of nitrogens with one attached hydrogen (secondary N) is 1. The fourth-order valence-corrected chi connectivity index (χ4v) is 4.12. The van der Waals surface area contributed by atoms with Gasteiger partial charge in [-0.25, -0.2) is 13.2 Å². The summed E-state index contributed by atoms with van der Waals surface area (Å²) >= 11 is 0. The van der Waals surface area contributed by atoms with Crippen LogP contribution in [0.5, 0.6) is 0 Å². The van der Waals surface area contributed by atoms with Crippen molar-refractivity contribution in [3.8, 4) is 0 Å². The fraction of sp³-hybridized carbons (Fsp3) is 0.533. The third-order valence-electron chi connectivity index (χ3n) is 3.67. The quantitative estimate of drug-likeness (QED) is 0.905. The van der Waals surface area contributed by atoms with E-state index in [1.54, 1.807) is 26.2 Å². The summed E-state index contributed by atoms with van der Waals surface area (Å²) in [6.45, 7) is 4.77. The van der Waals surface area contributed by atoms with Crippen molar-refractivity contribution in [2.45, 2.75) is 24.3 Å². The third kappa shape index (κ3) is 3.82. The lowest BCUT2D eigenvalue weighted by molar-refractivity contribution is -0.00770. The molecule has 0 radical (unpaired) electrons. The molecular weight excluding hydrogens is 318 g/mol. The molecular formula is C15H23N3O4S. The minimum Gasteiger partial charge on any atom is -0.378 e. The second-order valence-electron chi connectivity index (χ2n) is 6.29. The van der Waals surface area contributed by atoms with Crippen LogP contribution in [0, 0.1) is 0 Å². The van der Waals surface area contributed by atoms with Gasteiger partial charge in [0.1, 0.15) is 0 Å². The average molecular weight is 341 g/mol. The van der Waals surface area contributed by atoms with Gasteiger partial charge >= 0.3 is 6.03 Å². The summed E-state index contributed by atoms with van der Waals surface area (Å²) in [7, 11) is -0.334. The Kier molecular flexibility index (Phi) is 4.98. The number of urea groups is 1. The molecule has 0 bridgehead atoms. The van der Waals surface area contributed by atoms with E-state index in [9.17, 15) is 13.2 Å². The number of carbonyl (C=O) groups excluding carboxylic acids is 1. The minimum absolute atomic E-state index is 0.204. The lowest BCUT2D eigenvalue weighted by Gasteiger charge is -2.40. The smallest absolute Gasteiger partial charge is 0.321 e. The predicted octanol–water partition coefficient (Wildman–Crippen LogP) is 1.58. The fourth-order valence-electron chi connectivity index (χ4n) is 2.36. The predicted molar refractivity (Wildman–Crippen MR) is 87.9 cm³/mol. The van der Waals surface area contributed by atoms with Crippen molar-refractivity contribution in [3.05, 3.63) is 24.3 Å². The van der Waals surface area contributed by atoms with Crippen molar-refractivity contribution < 1.29 is 17.9 Å². The van der Waals surface area contributed by atoms with Crippen LogP contribution in [-0.4, -0.2) is 63.0 Å². The second kappa shape index (κ2) is 6.46. The summed E-state index contributed by atoms with van der Waals surface area (Å²) in [6, 6.07) is 5.91. The topological polar surface area (TPSA) is 79.0 Å². The van der Waals surface area contributed by atoms with E-state index < -0.39 is 15.6 Å². The molecule has 0 spiro atoms. The number of ether oxygens (including phenoxy) is 1. The first kappa shape index (κ1) is 17.7. The highest BCUT2D eigenvalue weighted by Crippen LogP contribution is 2.28. The van der Waals surface area contributed by atoms with Crippen LogP contribution in [0.2, 0.25) is 0 Å². The summed E-state index contributed by atoms with van der Waals surface area (Å²) in [5.41, 5.74) is -0.0431. The van der Waals surface area contributed by atoms with Gasteiger partial charge in [-0.15, -0.1) is 0 Å². The third-order valence-corrected chi connectivity index (χ3v) is 5.79. The molecule has 2 rings (SSSR count). The number of sulfonamides is 1. The standard InChI is InChI=1S/C15H23N3O4S/c1-15(2)11-22-10-9-18(15)23(20,21)13-7-5-12(6-8-13)16-14(19)17(3)4/h5-8H,9-11H2,1-4H3,(H,16,19). The van der Waals surface area contributed by atoms with Crippen molar-refractivity contribution in [2.75, 3.05) is 39.2 Å². The number of rotatable bonds is 3. The zero-order chi connectivity index (χ0) is 17.3. The second-order valence-corrected chi connectivity index (χ2v) is 8.15. The molecule has 0 unspecified atom stereocenters. The molecule has 1 saturated heterocycles. The zero-order valence-electron chi connectivity index (χ0n) is 13.9. The maximum Gasteiger partial charge on any atom is 0.321 e. The molecule has 1 aromatic carbocycles. The normalized spacial score (nSPS) is 18.4. The molecule has 1 heterocycles. The Hall–Kier alpha value is -1.64. The first-order valence-electron chi connectivity index (χ1n) is 7.33. The highest BCUT2D eigenvalue weighted by Gasteiger charge is 2.39. The number of nitrogens with zero attached hydrogens (tertiary/aromatic N) is 2. The van der Waals surface area contributed by atoms with E-state index in [1.807, 2.05) is 13.8 Å². The first-order chi connectivity index (χ1) is 10.6. The molecule has 0 saturated carbocycles. The van der Waals surface area contributed by atoms with E-state index in [0.717, 1.165) is 0 Å². The van der Waals surface area contributed by atoms with Gasteiger partial charge in [0, 0.05) is 26.3 Å². The monoisotopic (exact) mass is 341 g/mol. The number of hydrogen-bond acceptors (Lipinski definition) is 4. The van der Waals surface area contributed by atoms with Crippen molar-refractivity contribution >= 4 is 21.7 Å². The molecule has 1 fully saturated rings. The molecule has 1 aromatic rings. The van der Waals surface area contributed by atoms with Crippen molar-refractivity contribution in [2.24, 2.45) is 0 Å². The van der Waals surface area contributed by atoms with E-state index in [4.69, 9.17) is 4.74 Å². The van der Waals surface area contributed by atoms with Gasteiger partial charge in [-0.3, -0.25) is 0 Å². The molecule has 0 atom stereocenters. The van der Waals surface area contributed by atoms with Gasteiger partial charge in [-0.2, -0.15) is 4.31 Å². The average Bonchev–Trinajstić information content (AvgIpc) is 2.46. The molecule has 8 heteroatoms. The molecule has 0 aromatic heterocycles. The summed E-state index contributed by atoms with van der Waals surface area (Å²) < 4.78 is 32.5. The summed E-state index contributed by atoms with van der Waals surface area (Å²) in [4.78, 5) is 13.2. The lowest BCUT2D eigenvalue weighted by Crippen LogP contribution is -2.55. The van der Waals surface area contributed by atoms with Crippen LogP contribution in [-0.2, 0) is 14.8 Å². The molecule has 7 nitrogen and oxygen atoms in total. The van der Waals surface area contributed by atoms with Crippen molar-refractivity contribution in [1.29, 1.82) is 0 Å². The summed E-state index contributed by atoms with van der Waals surface area (Å²) in [5, 5.41) is 2.67. The van der Waals surface area contributed by atoms with Crippen LogP contribution in [0.3, 0.4) is 0 Å². The highest BCUT2D eigenvalue weighted by atomic mass is 32.2. The zero-order valence-corrected chi connectivity index (χ0v) is 14.7. The molecule has 1 aliphatic rings. The van der Waals surface area contributed by atoms with Gasteiger partial charge in [0.05, 0.1) is 23.6 Å². The molecule has 1 aliphatic heterocycles. The van der Waals surface area contributed by atoms with E-state index in [0.29, 0.717) is 25.4 Å². The Morgan fingerprint density at radius 1 is 1.26 bits per heavy atom. The van der Waals surface area contributed by atoms with E-state index in [1.165, 1.54) is 21.3 Å². The van der Waals surface area contributed by atoms with E-state index in [2.05, 4.69) is 5.32 Å². The Balaban J connectivity index is 2.22. The summed E-state index contributed by atoms with van der Waals surface area (Å²) in [5.74, 6) is 0. The minimum atomic E-state index is -3.60. The Morgan fingerprint density at radius 2 is 1.87 bits per heavy atom. The Morgan fingerprint density at radius 3 is 2.39 bits per heavy atom. The van der Waals surface area contributed by atoms with Gasteiger partial charge in [0.15, 0.2) is 0 Å². The van der Waals surface area contributed by atoms with Gasteiger partial charge < -0.3 is 15.0 Å². The van der Waals surface area contributed by atoms with E-state index in [-0.39, 0.29) is 10.9 Å². The molecule has 2 amide bonds. The lowest BCUT2D eigenvalue weighted by atomic mass is 10.1. The number of anilines is 1. The van der Waals surface area contributed by atoms with Crippen LogP contribution in [0.1, 0.15) is 13.8 Å². The van der Waals surface area contributed by atoms with Crippen molar-refractivity contribution in [3.63, 3.8) is 0 Å². The number of hydrogen-bond donors (Lipinski definition) is 1. The van der Waals surface area contributed by atoms with Crippen LogP contribution < -0.4 is 5.32 Å². The number of carbonyl (C=O) groups is 1. The first-order valence-corrected chi connectivity index (χ1v) is 8.77. The van der Waals surface area contributed by atoms with Crippen molar-refractivity contribution in [1.82, 2.24) is 9.21 Å². The van der Waals surface area contributed by atoms with Crippen LogP contribution in [0.25, 0.3) is 0 Å². The van der Waals surface area contributed by atoms with Gasteiger partial charge in [0.25, 0.3) is 0 Å². The van der Waals surface area contributed by atoms with Crippen LogP contribution in [0.15, 0.2) is 29.2 Å². The number of amides is 2. The largest absolute Gasteiger partial charge is 0.378 e. The van der Waals surface area contributed by atoms with Crippen LogP contribution >= 0.6 is 0 Å². The van der Waals surface area contributed by atoms with Gasteiger partial charge in [0.2, 0.25) is 10.0 Å². The molecule has 128 valence electrons. The van der Waals surface area contributed by atoms with Gasteiger partial charge in [-0.1, -0.05) is 0 Å². The molecule has 0 aliphatic carbocycles. The van der Waals surface area contributed by atoms with Gasteiger partial charge in [-0.05, 0) is 38.1 Å². The Bertz CT molecular complexity index is 668. The SMILES string of the molecule is CN(C)C(=O)Nc1ccc(S(=O)(=O)N2CCOCC2(C)C)cc1. The number of benzene rings is 1. The van der Waals surface area contributed by atoms with Crippen LogP contribution in [0.4, 0.5) is 10.5 Å². The Labute approximate surface area is 137 Å². The maximum absolute atomic E-state index is 12.8. The molecule has 23 heavy (non-hydrogen) atoms. The highest BCUT2D eigenvalue weighted by molar-refractivity contribution is 7.89. The molecule has 1 N–H and O–H groups in total. The van der Waals surface area contributed by atoms with E-state index >= 15 is 0 Å².